The number of sulfonamides is 1. The maximum Gasteiger partial charge on any atom is 0.264 e. The number of methoxy groups -OCH3 is 1. The number of hydrogen-bond acceptors (Lipinski definition) is 4. The molecular formula is C19H23NO4S. The molecule has 0 saturated carbocycles. The van der Waals surface area contributed by atoms with Crippen molar-refractivity contribution in [1.29, 1.82) is 0 Å². The van der Waals surface area contributed by atoms with Gasteiger partial charge >= 0.3 is 0 Å². The fraction of sp³-hybridized carbons (Fsp3) is 0.263. The van der Waals surface area contributed by atoms with E-state index in [0.717, 1.165) is 5.56 Å². The predicted octanol–water partition coefficient (Wildman–Crippen LogP) is 3.78. The highest BCUT2D eigenvalue weighted by molar-refractivity contribution is 7.92. The molecule has 6 heteroatoms. The van der Waals surface area contributed by atoms with Gasteiger partial charge in [0.25, 0.3) is 10.0 Å². The summed E-state index contributed by atoms with van der Waals surface area (Å²) in [5.74, 6) is 1.12. The fourth-order valence-electron chi connectivity index (χ4n) is 2.44. The quantitative estimate of drug-likeness (QED) is 0.672. The van der Waals surface area contributed by atoms with Crippen LogP contribution in [0.25, 0.3) is 0 Å². The number of aryl methyl sites for hydroxylation is 1. The third-order valence-electron chi connectivity index (χ3n) is 3.62. The van der Waals surface area contributed by atoms with Crippen LogP contribution in [0.3, 0.4) is 0 Å². The smallest absolute Gasteiger partial charge is 0.264 e. The van der Waals surface area contributed by atoms with Gasteiger partial charge in [0.2, 0.25) is 0 Å². The summed E-state index contributed by atoms with van der Waals surface area (Å²) in [5, 5.41) is 0. The highest BCUT2D eigenvalue weighted by Gasteiger charge is 2.26. The van der Waals surface area contributed by atoms with Gasteiger partial charge in [-0.05, 0) is 55.8 Å². The molecule has 0 aliphatic heterocycles. The van der Waals surface area contributed by atoms with E-state index in [-0.39, 0.29) is 11.4 Å². The first-order valence-electron chi connectivity index (χ1n) is 7.95. The van der Waals surface area contributed by atoms with Crippen LogP contribution >= 0.6 is 0 Å². The molecule has 0 aliphatic rings. The molecule has 0 fully saturated rings. The van der Waals surface area contributed by atoms with Crippen LogP contribution in [0.2, 0.25) is 0 Å². The van der Waals surface area contributed by atoms with Crippen LogP contribution in [0.15, 0.2) is 60.0 Å². The number of ether oxygens (including phenoxy) is 2. The molecule has 0 amide bonds. The number of benzene rings is 2. The predicted molar refractivity (Wildman–Crippen MR) is 100 cm³/mol. The second-order valence-corrected chi connectivity index (χ2v) is 7.27. The largest absolute Gasteiger partial charge is 0.495 e. The first kappa shape index (κ1) is 18.9. The SMILES string of the molecule is C=CCN(c1cc(C)ccc1OC)S(=O)(=O)c1ccc(OCC)cc1. The Bertz CT molecular complexity index is 829. The Kier molecular flexibility index (Phi) is 6.09. The minimum Gasteiger partial charge on any atom is -0.495 e. The lowest BCUT2D eigenvalue weighted by atomic mass is 10.2. The van der Waals surface area contributed by atoms with Gasteiger partial charge in [-0.3, -0.25) is 4.31 Å². The normalized spacial score (nSPS) is 11.0. The van der Waals surface area contributed by atoms with Gasteiger partial charge in [-0.15, -0.1) is 6.58 Å². The van der Waals surface area contributed by atoms with Crippen molar-refractivity contribution >= 4 is 15.7 Å². The number of rotatable bonds is 8. The van der Waals surface area contributed by atoms with Crippen LogP contribution in [-0.4, -0.2) is 28.7 Å². The second-order valence-electron chi connectivity index (χ2n) is 5.40. The van der Waals surface area contributed by atoms with Gasteiger partial charge in [0, 0.05) is 0 Å². The Morgan fingerprint density at radius 2 is 1.84 bits per heavy atom. The van der Waals surface area contributed by atoms with Crippen LogP contribution in [0.4, 0.5) is 5.69 Å². The summed E-state index contributed by atoms with van der Waals surface area (Å²) in [6.07, 6.45) is 1.55. The average Bonchev–Trinajstić information content (AvgIpc) is 2.60. The maximum absolute atomic E-state index is 13.2. The molecule has 0 aromatic heterocycles. The minimum absolute atomic E-state index is 0.134. The summed E-state index contributed by atoms with van der Waals surface area (Å²) in [5.41, 5.74) is 1.42. The minimum atomic E-state index is -3.77. The van der Waals surface area contributed by atoms with E-state index in [1.165, 1.54) is 11.4 Å². The number of hydrogen-bond donors (Lipinski definition) is 0. The maximum atomic E-state index is 13.2. The van der Waals surface area contributed by atoms with E-state index in [4.69, 9.17) is 9.47 Å². The molecule has 25 heavy (non-hydrogen) atoms. The van der Waals surface area contributed by atoms with Gasteiger partial charge < -0.3 is 9.47 Å². The average molecular weight is 361 g/mol. The van der Waals surface area contributed by atoms with Crippen molar-refractivity contribution in [3.8, 4) is 11.5 Å². The van der Waals surface area contributed by atoms with Gasteiger partial charge in [0.15, 0.2) is 0 Å². The highest BCUT2D eigenvalue weighted by atomic mass is 32.2. The zero-order chi connectivity index (χ0) is 18.4. The van der Waals surface area contributed by atoms with Crippen LogP contribution in [0.5, 0.6) is 11.5 Å². The highest BCUT2D eigenvalue weighted by Crippen LogP contribution is 2.33. The third-order valence-corrected chi connectivity index (χ3v) is 5.41. The van der Waals surface area contributed by atoms with Crippen molar-refractivity contribution < 1.29 is 17.9 Å². The summed E-state index contributed by atoms with van der Waals surface area (Å²) >= 11 is 0. The van der Waals surface area contributed by atoms with Crippen molar-refractivity contribution in [3.05, 3.63) is 60.7 Å². The molecule has 0 N–H and O–H groups in total. The van der Waals surface area contributed by atoms with Crippen LogP contribution in [0.1, 0.15) is 12.5 Å². The molecule has 0 saturated heterocycles. The van der Waals surface area contributed by atoms with Crippen molar-refractivity contribution in [2.75, 3.05) is 24.6 Å². The fourth-order valence-corrected chi connectivity index (χ4v) is 3.88. The molecule has 0 spiro atoms. The first-order chi connectivity index (χ1) is 11.9. The Hall–Kier alpha value is -2.47. The molecule has 0 aliphatic carbocycles. The molecule has 2 aromatic rings. The third kappa shape index (κ3) is 4.14. The van der Waals surface area contributed by atoms with E-state index in [0.29, 0.717) is 23.8 Å². The Balaban J connectivity index is 2.51. The zero-order valence-corrected chi connectivity index (χ0v) is 15.5. The Labute approximate surface area is 149 Å². The Morgan fingerprint density at radius 1 is 1.16 bits per heavy atom. The monoisotopic (exact) mass is 361 g/mol. The summed E-state index contributed by atoms with van der Waals surface area (Å²) in [6.45, 7) is 8.12. The van der Waals surface area contributed by atoms with Crippen molar-refractivity contribution in [1.82, 2.24) is 0 Å². The Morgan fingerprint density at radius 3 is 2.40 bits per heavy atom. The summed E-state index contributed by atoms with van der Waals surface area (Å²) in [6, 6.07) is 11.8. The number of nitrogens with zero attached hydrogens (tertiary/aromatic N) is 1. The lowest BCUT2D eigenvalue weighted by Crippen LogP contribution is -2.31. The van der Waals surface area contributed by atoms with Gasteiger partial charge in [-0.2, -0.15) is 0 Å². The van der Waals surface area contributed by atoms with Gasteiger partial charge in [-0.25, -0.2) is 8.42 Å². The van der Waals surface area contributed by atoms with Crippen molar-refractivity contribution in [2.45, 2.75) is 18.7 Å². The topological polar surface area (TPSA) is 55.8 Å². The standard InChI is InChI=1S/C19H23NO4S/c1-5-13-20(18-14-15(3)7-12-19(18)23-4)25(21,22)17-10-8-16(9-11-17)24-6-2/h5,7-12,14H,1,6,13H2,2-4H3. The lowest BCUT2D eigenvalue weighted by molar-refractivity contribution is 0.340. The molecule has 0 unspecified atom stereocenters. The molecule has 2 rings (SSSR count). The molecule has 0 atom stereocenters. The zero-order valence-electron chi connectivity index (χ0n) is 14.7. The lowest BCUT2D eigenvalue weighted by Gasteiger charge is -2.25. The molecule has 2 aromatic carbocycles. The van der Waals surface area contributed by atoms with E-state index in [2.05, 4.69) is 6.58 Å². The van der Waals surface area contributed by atoms with E-state index >= 15 is 0 Å². The molecule has 0 heterocycles. The van der Waals surface area contributed by atoms with Crippen LogP contribution < -0.4 is 13.8 Å². The number of anilines is 1. The summed E-state index contributed by atoms with van der Waals surface area (Å²) in [7, 11) is -2.25. The van der Waals surface area contributed by atoms with Gasteiger partial charge in [0.1, 0.15) is 11.5 Å². The van der Waals surface area contributed by atoms with Crippen molar-refractivity contribution in [3.63, 3.8) is 0 Å². The molecule has 134 valence electrons. The molecule has 0 bridgehead atoms. The van der Waals surface area contributed by atoms with Gasteiger partial charge in [-0.1, -0.05) is 12.1 Å². The van der Waals surface area contributed by atoms with Gasteiger partial charge in [0.05, 0.1) is 30.8 Å². The van der Waals surface area contributed by atoms with Crippen LogP contribution in [-0.2, 0) is 10.0 Å². The molecular weight excluding hydrogens is 338 g/mol. The second kappa shape index (κ2) is 8.07. The van der Waals surface area contributed by atoms with E-state index in [1.54, 1.807) is 42.5 Å². The van der Waals surface area contributed by atoms with E-state index in [1.807, 2.05) is 19.9 Å². The van der Waals surface area contributed by atoms with E-state index in [9.17, 15) is 8.42 Å². The molecule has 5 nitrogen and oxygen atoms in total. The van der Waals surface area contributed by atoms with E-state index < -0.39 is 10.0 Å². The summed E-state index contributed by atoms with van der Waals surface area (Å²) < 4.78 is 38.3. The molecule has 0 radical (unpaired) electrons. The van der Waals surface area contributed by atoms with Crippen molar-refractivity contribution in [2.24, 2.45) is 0 Å². The summed E-state index contributed by atoms with van der Waals surface area (Å²) in [4.78, 5) is 0.182. The van der Waals surface area contributed by atoms with Crippen LogP contribution in [0, 0.1) is 6.92 Å². The first-order valence-corrected chi connectivity index (χ1v) is 9.39.